The average Bonchev–Trinajstić information content (AvgIpc) is 2.78. The van der Waals surface area contributed by atoms with Crippen LogP contribution >= 0.6 is 0 Å². The summed E-state index contributed by atoms with van der Waals surface area (Å²) in [4.78, 5) is 4.74. The van der Waals surface area contributed by atoms with Gasteiger partial charge in [0.15, 0.2) is 0 Å². The normalized spacial score (nSPS) is 15.7. The molecule has 0 atom stereocenters. The van der Waals surface area contributed by atoms with E-state index in [1.807, 2.05) is 6.20 Å². The highest BCUT2D eigenvalue weighted by atomic mass is 14.7. The monoisotopic (exact) mass is 359 g/mol. The maximum Gasteiger partial charge on any atom is 0.0780 e. The summed E-state index contributed by atoms with van der Waals surface area (Å²) in [5, 5.41) is 5.17. The number of aromatic nitrogens is 1. The van der Waals surface area contributed by atoms with Crippen molar-refractivity contribution in [1.29, 1.82) is 0 Å². The zero-order chi connectivity index (χ0) is 18.5. The lowest BCUT2D eigenvalue weighted by molar-refractivity contribution is 0.831. The fourth-order valence-electron chi connectivity index (χ4n) is 4.93. The zero-order valence-electron chi connectivity index (χ0n) is 15.8. The maximum absolute atomic E-state index is 4.74. The van der Waals surface area contributed by atoms with Gasteiger partial charge in [0.05, 0.1) is 5.69 Å². The van der Waals surface area contributed by atoms with Crippen molar-refractivity contribution in [3.63, 3.8) is 0 Å². The number of hydrogen-bond donors (Lipinski definition) is 0. The second kappa shape index (κ2) is 6.17. The van der Waals surface area contributed by atoms with Gasteiger partial charge in [0, 0.05) is 17.1 Å². The predicted molar refractivity (Wildman–Crippen MR) is 118 cm³/mol. The predicted octanol–water partition coefficient (Wildman–Crippen LogP) is 7.10. The van der Waals surface area contributed by atoms with Gasteiger partial charge in [0.2, 0.25) is 0 Å². The summed E-state index contributed by atoms with van der Waals surface area (Å²) in [6.45, 7) is 0. The molecule has 0 amide bonds. The van der Waals surface area contributed by atoms with Gasteiger partial charge in [-0.3, -0.25) is 4.98 Å². The second-order valence-electron chi connectivity index (χ2n) is 7.87. The van der Waals surface area contributed by atoms with E-state index in [9.17, 15) is 0 Å². The Morgan fingerprint density at radius 1 is 0.750 bits per heavy atom. The minimum absolute atomic E-state index is 1.07. The lowest BCUT2D eigenvalue weighted by atomic mass is 9.79. The molecular weight excluding hydrogens is 338 g/mol. The summed E-state index contributed by atoms with van der Waals surface area (Å²) >= 11 is 0. The third kappa shape index (κ3) is 2.36. The van der Waals surface area contributed by atoms with Gasteiger partial charge in [0.25, 0.3) is 0 Å². The molecule has 0 unspecified atom stereocenters. The molecule has 2 aliphatic rings. The first-order valence-electron chi connectivity index (χ1n) is 10.2. The SMILES string of the molecule is C1=CC2=C(CC1)CCc1c2ccc2ccc(-c3nccc4ccccc34)cc12. The molecule has 0 saturated carbocycles. The summed E-state index contributed by atoms with van der Waals surface area (Å²) in [5.41, 5.74) is 8.34. The van der Waals surface area contributed by atoms with Gasteiger partial charge >= 0.3 is 0 Å². The molecule has 0 aliphatic heterocycles. The molecule has 4 aromatic rings. The topological polar surface area (TPSA) is 12.9 Å². The van der Waals surface area contributed by atoms with Gasteiger partial charge in [-0.15, -0.1) is 0 Å². The van der Waals surface area contributed by atoms with Crippen LogP contribution in [-0.4, -0.2) is 4.98 Å². The van der Waals surface area contributed by atoms with E-state index in [2.05, 4.69) is 72.8 Å². The highest BCUT2D eigenvalue weighted by Crippen LogP contribution is 2.40. The minimum Gasteiger partial charge on any atom is -0.256 e. The largest absolute Gasteiger partial charge is 0.256 e. The Morgan fingerprint density at radius 2 is 1.64 bits per heavy atom. The van der Waals surface area contributed by atoms with Gasteiger partial charge in [-0.1, -0.05) is 66.3 Å². The van der Waals surface area contributed by atoms with Crippen molar-refractivity contribution in [1.82, 2.24) is 4.98 Å². The maximum atomic E-state index is 4.74. The number of hydrogen-bond acceptors (Lipinski definition) is 1. The molecule has 2 aliphatic carbocycles. The Hall–Kier alpha value is -3.19. The van der Waals surface area contributed by atoms with Crippen molar-refractivity contribution in [3.8, 4) is 11.3 Å². The average molecular weight is 359 g/mol. The molecule has 0 N–H and O–H groups in total. The Morgan fingerprint density at radius 3 is 2.64 bits per heavy atom. The molecular formula is C27H21N. The fraction of sp³-hybridized carbons (Fsp3) is 0.148. The lowest BCUT2D eigenvalue weighted by Gasteiger charge is -2.25. The Bertz CT molecular complexity index is 1300. The quantitative estimate of drug-likeness (QED) is 0.353. The van der Waals surface area contributed by atoms with Crippen molar-refractivity contribution in [2.75, 3.05) is 0 Å². The molecule has 0 fully saturated rings. The van der Waals surface area contributed by atoms with Crippen LogP contribution in [0.4, 0.5) is 0 Å². The molecule has 28 heavy (non-hydrogen) atoms. The van der Waals surface area contributed by atoms with Crippen LogP contribution < -0.4 is 0 Å². The zero-order valence-corrected chi connectivity index (χ0v) is 15.8. The van der Waals surface area contributed by atoms with Crippen LogP contribution in [-0.2, 0) is 6.42 Å². The van der Waals surface area contributed by atoms with Crippen molar-refractivity contribution in [3.05, 3.63) is 95.7 Å². The standard InChI is InChI=1S/C27H21N/c1-3-7-22-18(5-1)11-14-25-24(22)13-12-20-9-10-21(17-26(20)25)27-23-8-4-2-6-19(23)15-16-28-27/h2-4,6-10,12-13,15-17H,1,5,11,14H2. The Kier molecular flexibility index (Phi) is 3.49. The van der Waals surface area contributed by atoms with Crippen LogP contribution in [0, 0.1) is 0 Å². The van der Waals surface area contributed by atoms with Crippen LogP contribution in [0.5, 0.6) is 0 Å². The molecule has 1 heterocycles. The van der Waals surface area contributed by atoms with Crippen molar-refractivity contribution < 1.29 is 0 Å². The first-order valence-corrected chi connectivity index (χ1v) is 10.2. The molecule has 0 saturated heterocycles. The highest BCUT2D eigenvalue weighted by molar-refractivity contribution is 5.99. The van der Waals surface area contributed by atoms with Gasteiger partial charge in [-0.2, -0.15) is 0 Å². The number of rotatable bonds is 1. The molecule has 1 nitrogen and oxygen atoms in total. The number of fused-ring (bicyclic) bond motifs is 5. The number of nitrogens with zero attached hydrogens (tertiary/aromatic N) is 1. The first-order chi connectivity index (χ1) is 13.9. The third-order valence-electron chi connectivity index (χ3n) is 6.33. The van der Waals surface area contributed by atoms with Crippen LogP contribution in [0.3, 0.4) is 0 Å². The number of aryl methyl sites for hydroxylation is 1. The molecule has 0 radical (unpaired) electrons. The van der Waals surface area contributed by atoms with E-state index in [-0.39, 0.29) is 0 Å². The van der Waals surface area contributed by atoms with Gasteiger partial charge < -0.3 is 0 Å². The van der Waals surface area contributed by atoms with E-state index >= 15 is 0 Å². The molecule has 0 spiro atoms. The molecule has 1 aromatic heterocycles. The number of benzene rings is 3. The first kappa shape index (κ1) is 15.8. The van der Waals surface area contributed by atoms with Gasteiger partial charge in [-0.05, 0) is 70.7 Å². The summed E-state index contributed by atoms with van der Waals surface area (Å²) in [6.07, 6.45) is 11.4. The Labute approximate surface area is 165 Å². The van der Waals surface area contributed by atoms with E-state index in [0.29, 0.717) is 0 Å². The molecule has 0 bridgehead atoms. The molecule has 134 valence electrons. The Balaban J connectivity index is 1.59. The summed E-state index contributed by atoms with van der Waals surface area (Å²) in [7, 11) is 0. The summed E-state index contributed by atoms with van der Waals surface area (Å²) in [6, 6.07) is 22.1. The molecule has 1 heteroatoms. The smallest absolute Gasteiger partial charge is 0.0780 e. The summed E-state index contributed by atoms with van der Waals surface area (Å²) in [5.74, 6) is 0. The van der Waals surface area contributed by atoms with Gasteiger partial charge in [0.1, 0.15) is 0 Å². The van der Waals surface area contributed by atoms with Crippen LogP contribution in [0.25, 0.3) is 38.4 Å². The van der Waals surface area contributed by atoms with Gasteiger partial charge in [-0.25, -0.2) is 0 Å². The van der Waals surface area contributed by atoms with Crippen LogP contribution in [0.15, 0.2) is 84.6 Å². The van der Waals surface area contributed by atoms with E-state index in [1.54, 1.807) is 5.57 Å². The van der Waals surface area contributed by atoms with Crippen molar-refractivity contribution >= 4 is 27.1 Å². The van der Waals surface area contributed by atoms with E-state index in [4.69, 9.17) is 4.98 Å². The molecule has 6 rings (SSSR count). The highest BCUT2D eigenvalue weighted by Gasteiger charge is 2.21. The minimum atomic E-state index is 1.07. The fourth-order valence-corrected chi connectivity index (χ4v) is 4.93. The number of pyridine rings is 1. The number of allylic oxidation sites excluding steroid dienone is 4. The van der Waals surface area contributed by atoms with E-state index < -0.39 is 0 Å². The van der Waals surface area contributed by atoms with Crippen molar-refractivity contribution in [2.45, 2.75) is 25.7 Å². The molecule has 3 aromatic carbocycles. The van der Waals surface area contributed by atoms with Crippen molar-refractivity contribution in [2.24, 2.45) is 0 Å². The van der Waals surface area contributed by atoms with E-state index in [0.717, 1.165) is 12.1 Å². The third-order valence-corrected chi connectivity index (χ3v) is 6.33. The van der Waals surface area contributed by atoms with Crippen LogP contribution in [0.2, 0.25) is 0 Å². The van der Waals surface area contributed by atoms with Crippen LogP contribution in [0.1, 0.15) is 30.4 Å². The second-order valence-corrected chi connectivity index (χ2v) is 7.87. The summed E-state index contributed by atoms with van der Waals surface area (Å²) < 4.78 is 0. The van der Waals surface area contributed by atoms with E-state index in [1.165, 1.54) is 63.1 Å². The lowest BCUT2D eigenvalue weighted by Crippen LogP contribution is -2.07.